The first-order valence-corrected chi connectivity index (χ1v) is 23.1. The van der Waals surface area contributed by atoms with Gasteiger partial charge in [-0.3, -0.25) is 0 Å². The van der Waals surface area contributed by atoms with Gasteiger partial charge in [-0.05, 0) is 17.4 Å². The molecule has 0 aliphatic heterocycles. The van der Waals surface area contributed by atoms with Crippen LogP contribution in [0.4, 0.5) is 0 Å². The Morgan fingerprint density at radius 2 is 0.909 bits per heavy atom. The second-order valence-electron chi connectivity index (χ2n) is 7.68. The smallest absolute Gasteiger partial charge is 0.0325 e. The Kier molecular flexibility index (Phi) is 8.21. The Morgan fingerprint density at radius 1 is 0.636 bits per heavy atom. The van der Waals surface area contributed by atoms with Crippen LogP contribution in [-0.2, 0) is 26.2 Å². The number of hydrogen-bond acceptors (Lipinski definition) is 0. The molecule has 0 N–H and O–H groups in total. The van der Waals surface area contributed by atoms with Crippen LogP contribution in [0.2, 0.25) is 44.8 Å². The average Bonchev–Trinajstić information content (AvgIpc) is 3.07. The molecule has 2 rings (SSSR count). The van der Waals surface area contributed by atoms with Crippen LogP contribution in [0.15, 0.2) is 48.6 Å². The molecule has 0 unspecified atom stereocenters. The predicted molar refractivity (Wildman–Crippen MR) is 110 cm³/mol. The summed E-state index contributed by atoms with van der Waals surface area (Å²) in [6.45, 7) is 15.1. The summed E-state index contributed by atoms with van der Waals surface area (Å²) in [5.74, 6) is 1.46. The molecule has 0 radical (unpaired) electrons. The van der Waals surface area contributed by atoms with E-state index in [0.29, 0.717) is 0 Å². The first-order chi connectivity index (χ1) is 9.92. The minimum atomic E-state index is -1.08. The molecule has 0 saturated carbocycles. The van der Waals surface area contributed by atoms with Crippen LogP contribution in [0.3, 0.4) is 0 Å². The van der Waals surface area contributed by atoms with Gasteiger partial charge in [-0.25, -0.2) is 0 Å². The van der Waals surface area contributed by atoms with Crippen LogP contribution in [0, 0.1) is 11.8 Å². The third kappa shape index (κ3) is 3.69. The molecule has 0 amide bonds. The minimum absolute atomic E-state index is 0. The van der Waals surface area contributed by atoms with Gasteiger partial charge in [0.2, 0.25) is 0 Å². The van der Waals surface area contributed by atoms with Gasteiger partial charge in [-0.1, -0.05) is 87.9 Å². The Labute approximate surface area is 162 Å². The third-order valence-corrected chi connectivity index (χ3v) is 71.4. The van der Waals surface area contributed by atoms with Crippen LogP contribution >= 0.6 is 0 Å². The first kappa shape index (κ1) is 20.8. The molecule has 0 aromatic heterocycles. The molecule has 0 aromatic carbocycles. The standard InChI is InChI=1S/C17H32Si4.Zr/c1-18(2)21(19(3)4,20(5)6)17(15-11-7-8-12-15)16-13-9-10-14-16;/h7-20H,1-6H3;. The maximum Gasteiger partial charge on any atom is 0.0325 e. The van der Waals surface area contributed by atoms with E-state index in [0.717, 1.165) is 17.4 Å². The topological polar surface area (TPSA) is 0 Å². The van der Waals surface area contributed by atoms with Gasteiger partial charge in [-0.15, -0.1) is 0 Å². The fraction of sp³-hybridized carbons (Fsp3) is 0.529. The Morgan fingerprint density at radius 3 is 1.14 bits per heavy atom. The van der Waals surface area contributed by atoms with Crippen molar-refractivity contribution < 1.29 is 26.2 Å². The molecule has 0 aromatic rings. The number of allylic oxidation sites excluding steroid dienone is 8. The van der Waals surface area contributed by atoms with Gasteiger partial charge in [0.25, 0.3) is 0 Å². The molecular formula is C17H32Si4Zr. The summed E-state index contributed by atoms with van der Waals surface area (Å²) >= 11 is 0. The van der Waals surface area contributed by atoms with Gasteiger partial charge in [-0.2, -0.15) is 0 Å². The zero-order valence-corrected chi connectivity index (χ0v) is 22.0. The molecule has 120 valence electrons. The van der Waals surface area contributed by atoms with E-state index >= 15 is 0 Å². The van der Waals surface area contributed by atoms with Crippen molar-refractivity contribution in [2.45, 2.75) is 44.8 Å². The SMILES string of the molecule is C[SiH](C)[Si](C(C1C=CC=C1)C1C=CC=C1)([SiH](C)C)[SiH](C)C.[Zr]. The van der Waals surface area contributed by atoms with Crippen molar-refractivity contribution in [2.75, 3.05) is 0 Å². The monoisotopic (exact) mass is 438 g/mol. The largest absolute Gasteiger partial charge is 0.0776 e. The molecule has 22 heavy (non-hydrogen) atoms. The summed E-state index contributed by atoms with van der Waals surface area (Å²) in [4.78, 5) is 0. The summed E-state index contributed by atoms with van der Waals surface area (Å²) in [5, 5.41) is 0. The Bertz CT molecular complexity index is 403. The molecule has 5 heteroatoms. The summed E-state index contributed by atoms with van der Waals surface area (Å²) < 4.78 is 0. The van der Waals surface area contributed by atoms with Crippen molar-refractivity contribution in [2.24, 2.45) is 11.8 Å². The van der Waals surface area contributed by atoms with Crippen molar-refractivity contribution in [3.8, 4) is 0 Å². The van der Waals surface area contributed by atoms with E-state index in [4.69, 9.17) is 0 Å². The molecule has 0 nitrogen and oxygen atoms in total. The van der Waals surface area contributed by atoms with Crippen molar-refractivity contribution in [3.05, 3.63) is 48.6 Å². The van der Waals surface area contributed by atoms with Crippen LogP contribution in [-0.4, -0.2) is 31.6 Å². The molecule has 0 atom stereocenters. The summed E-state index contributed by atoms with van der Waals surface area (Å²) in [5.41, 5.74) is 0.965. The van der Waals surface area contributed by atoms with Crippen molar-refractivity contribution >= 4 is 31.6 Å². The zero-order chi connectivity index (χ0) is 15.6. The molecule has 0 spiro atoms. The van der Waals surface area contributed by atoms with Crippen molar-refractivity contribution in [1.82, 2.24) is 0 Å². The second kappa shape index (κ2) is 8.70. The fourth-order valence-corrected chi connectivity index (χ4v) is 72.5. The number of hydrogen-bond donors (Lipinski definition) is 0. The van der Waals surface area contributed by atoms with Gasteiger partial charge in [0.05, 0.1) is 0 Å². The predicted octanol–water partition coefficient (Wildman–Crippen LogP) is 3.98. The van der Waals surface area contributed by atoms with E-state index in [-0.39, 0.29) is 26.2 Å². The van der Waals surface area contributed by atoms with Crippen LogP contribution in [0.5, 0.6) is 0 Å². The third-order valence-electron chi connectivity index (χ3n) is 5.96. The molecule has 2 aliphatic rings. The van der Waals surface area contributed by atoms with E-state index in [1.807, 2.05) is 0 Å². The Hall–Kier alpha value is 0.711. The van der Waals surface area contributed by atoms with E-state index in [1.165, 1.54) is 0 Å². The molecular weight excluding hydrogens is 408 g/mol. The van der Waals surface area contributed by atoms with Gasteiger partial charge in [0.1, 0.15) is 0 Å². The van der Waals surface area contributed by atoms with E-state index < -0.39 is 31.6 Å². The number of rotatable bonds is 6. The molecule has 0 fully saturated rings. The van der Waals surface area contributed by atoms with Gasteiger partial charge < -0.3 is 0 Å². The molecule has 0 heterocycles. The zero-order valence-electron chi connectivity index (χ0n) is 15.1. The second-order valence-corrected chi connectivity index (χ2v) is 42.7. The normalized spacial score (nSPS) is 18.6. The Balaban J connectivity index is 0.00000242. The van der Waals surface area contributed by atoms with Gasteiger partial charge in [0.15, 0.2) is 0 Å². The van der Waals surface area contributed by atoms with Crippen molar-refractivity contribution in [1.29, 1.82) is 0 Å². The minimum Gasteiger partial charge on any atom is -0.0776 e. The van der Waals surface area contributed by atoms with Crippen LogP contribution in [0.1, 0.15) is 0 Å². The van der Waals surface area contributed by atoms with E-state index in [1.54, 1.807) is 0 Å². The van der Waals surface area contributed by atoms with Crippen LogP contribution < -0.4 is 0 Å². The summed E-state index contributed by atoms with van der Waals surface area (Å²) in [6, 6.07) is 0. The fourth-order valence-electron chi connectivity index (χ4n) is 5.45. The summed E-state index contributed by atoms with van der Waals surface area (Å²) in [7, 11) is -1.74. The van der Waals surface area contributed by atoms with Crippen molar-refractivity contribution in [3.63, 3.8) is 0 Å². The summed E-state index contributed by atoms with van der Waals surface area (Å²) in [6.07, 6.45) is 19.2. The maximum atomic E-state index is 2.70. The average molecular weight is 440 g/mol. The molecule has 0 bridgehead atoms. The van der Waals surface area contributed by atoms with Gasteiger partial charge in [0, 0.05) is 57.8 Å². The quantitative estimate of drug-likeness (QED) is 0.549. The van der Waals surface area contributed by atoms with E-state index in [2.05, 4.69) is 87.9 Å². The van der Waals surface area contributed by atoms with E-state index in [9.17, 15) is 0 Å². The maximum absolute atomic E-state index is 2.70. The first-order valence-electron chi connectivity index (χ1n) is 8.62. The van der Waals surface area contributed by atoms with Gasteiger partial charge >= 0.3 is 0 Å². The molecule has 2 aliphatic carbocycles. The molecule has 0 saturated heterocycles. The van der Waals surface area contributed by atoms with Crippen LogP contribution in [0.25, 0.3) is 0 Å².